The number of rotatable bonds is 3. The highest BCUT2D eigenvalue weighted by atomic mass is 79.9. The summed E-state index contributed by atoms with van der Waals surface area (Å²) in [7, 11) is 0. The smallest absolute Gasteiger partial charge is 0.254 e. The van der Waals surface area contributed by atoms with Crippen LogP contribution in [0.25, 0.3) is 0 Å². The summed E-state index contributed by atoms with van der Waals surface area (Å²) in [6.07, 6.45) is 2.21. The quantitative estimate of drug-likeness (QED) is 0.895. The average Bonchev–Trinajstić information content (AvgIpc) is 2.42. The lowest BCUT2D eigenvalue weighted by molar-refractivity contribution is 0.0918. The summed E-state index contributed by atoms with van der Waals surface area (Å²) < 4.78 is 14.3. The van der Waals surface area contributed by atoms with Crippen LogP contribution in [0.5, 0.6) is 0 Å². The molecule has 19 heavy (non-hydrogen) atoms. The maximum atomic E-state index is 13.6. The summed E-state index contributed by atoms with van der Waals surface area (Å²) in [5.74, 6) is -0.431. The Balaban J connectivity index is 2.01. The van der Waals surface area contributed by atoms with Gasteiger partial charge in [0.15, 0.2) is 0 Å². The van der Waals surface area contributed by atoms with Crippen molar-refractivity contribution in [3.63, 3.8) is 0 Å². The van der Waals surface area contributed by atoms with Gasteiger partial charge in [0.1, 0.15) is 5.82 Å². The zero-order valence-electron chi connectivity index (χ0n) is 10.9. The summed E-state index contributed by atoms with van der Waals surface area (Å²) in [4.78, 5) is 12.1. The second-order valence-corrected chi connectivity index (χ2v) is 5.91. The maximum Gasteiger partial charge on any atom is 0.254 e. The number of hydrogen-bond donors (Lipinski definition) is 2. The molecule has 2 unspecified atom stereocenters. The molecule has 2 N–H and O–H groups in total. The molecule has 1 aliphatic rings. The van der Waals surface area contributed by atoms with Crippen LogP contribution in [0.4, 0.5) is 4.39 Å². The largest absolute Gasteiger partial charge is 0.349 e. The van der Waals surface area contributed by atoms with Crippen LogP contribution in [-0.4, -0.2) is 25.0 Å². The fraction of sp³-hybridized carbons (Fsp3) is 0.500. The number of hydrogen-bond acceptors (Lipinski definition) is 2. The summed E-state index contributed by atoms with van der Waals surface area (Å²) in [5.41, 5.74) is 0.0880. The highest BCUT2D eigenvalue weighted by Crippen LogP contribution is 2.18. The Bertz CT molecular complexity index is 461. The topological polar surface area (TPSA) is 41.1 Å². The molecule has 1 fully saturated rings. The molecule has 0 bridgehead atoms. The fourth-order valence-corrected chi connectivity index (χ4v) is 2.74. The summed E-state index contributed by atoms with van der Waals surface area (Å²) >= 11 is 3.25. The maximum absolute atomic E-state index is 13.6. The van der Waals surface area contributed by atoms with Gasteiger partial charge in [0.2, 0.25) is 0 Å². The second kappa shape index (κ2) is 6.48. The minimum atomic E-state index is -0.491. The molecule has 1 saturated heterocycles. The van der Waals surface area contributed by atoms with Gasteiger partial charge in [0, 0.05) is 10.5 Å². The SMILES string of the molecule is CC(NC(=O)c1cc(Br)ccc1F)C1CCCNC1. The Morgan fingerprint density at radius 2 is 2.37 bits per heavy atom. The van der Waals surface area contributed by atoms with E-state index in [1.807, 2.05) is 6.92 Å². The first kappa shape index (κ1) is 14.5. The highest BCUT2D eigenvalue weighted by molar-refractivity contribution is 9.10. The predicted molar refractivity (Wildman–Crippen MR) is 76.6 cm³/mol. The molecule has 1 aliphatic heterocycles. The van der Waals surface area contributed by atoms with Crippen LogP contribution in [0, 0.1) is 11.7 Å². The third-order valence-corrected chi connectivity index (χ3v) is 4.07. The van der Waals surface area contributed by atoms with Crippen molar-refractivity contribution in [2.75, 3.05) is 13.1 Å². The molecule has 104 valence electrons. The van der Waals surface area contributed by atoms with Crippen molar-refractivity contribution >= 4 is 21.8 Å². The predicted octanol–water partition coefficient (Wildman–Crippen LogP) is 2.71. The Morgan fingerprint density at radius 3 is 3.05 bits per heavy atom. The van der Waals surface area contributed by atoms with Crippen molar-refractivity contribution in [2.24, 2.45) is 5.92 Å². The van der Waals surface area contributed by atoms with Crippen LogP contribution in [0.2, 0.25) is 0 Å². The molecule has 1 aromatic carbocycles. The first-order valence-corrected chi connectivity index (χ1v) is 7.34. The Hall–Kier alpha value is -0.940. The normalized spacial score (nSPS) is 20.9. The number of carbonyl (C=O) groups excluding carboxylic acids is 1. The molecule has 2 rings (SSSR count). The lowest BCUT2D eigenvalue weighted by atomic mass is 9.92. The van der Waals surface area contributed by atoms with Gasteiger partial charge >= 0.3 is 0 Å². The van der Waals surface area contributed by atoms with E-state index in [0.29, 0.717) is 10.4 Å². The minimum absolute atomic E-state index is 0.0404. The molecule has 1 aromatic rings. The summed E-state index contributed by atoms with van der Waals surface area (Å²) in [5, 5.41) is 6.21. The van der Waals surface area contributed by atoms with Crippen LogP contribution in [0.15, 0.2) is 22.7 Å². The minimum Gasteiger partial charge on any atom is -0.349 e. The van der Waals surface area contributed by atoms with Crippen molar-refractivity contribution < 1.29 is 9.18 Å². The molecular weight excluding hydrogens is 311 g/mol. The molecule has 1 amide bonds. The number of carbonyl (C=O) groups is 1. The first-order valence-electron chi connectivity index (χ1n) is 6.54. The van der Waals surface area contributed by atoms with Crippen LogP contribution in [0.1, 0.15) is 30.1 Å². The number of amides is 1. The van der Waals surface area contributed by atoms with Gasteiger partial charge in [0.05, 0.1) is 5.56 Å². The van der Waals surface area contributed by atoms with E-state index in [-0.39, 0.29) is 17.5 Å². The highest BCUT2D eigenvalue weighted by Gasteiger charge is 2.22. The van der Waals surface area contributed by atoms with Crippen LogP contribution >= 0.6 is 15.9 Å². The fourth-order valence-electron chi connectivity index (χ4n) is 2.38. The second-order valence-electron chi connectivity index (χ2n) is 4.99. The van der Waals surface area contributed by atoms with E-state index in [1.54, 1.807) is 6.07 Å². The Kier molecular flexibility index (Phi) is 4.93. The van der Waals surface area contributed by atoms with Crippen LogP contribution in [0.3, 0.4) is 0 Å². The van der Waals surface area contributed by atoms with Gasteiger partial charge < -0.3 is 10.6 Å². The molecule has 0 aromatic heterocycles. The molecule has 1 heterocycles. The molecule has 0 saturated carbocycles. The average molecular weight is 329 g/mol. The summed E-state index contributed by atoms with van der Waals surface area (Å²) in [6.45, 7) is 3.92. The van der Waals surface area contributed by atoms with Gasteiger partial charge in [-0.1, -0.05) is 15.9 Å². The lowest BCUT2D eigenvalue weighted by Gasteiger charge is -2.29. The van der Waals surface area contributed by atoms with Crippen LogP contribution < -0.4 is 10.6 Å². The van der Waals surface area contributed by atoms with Crippen LogP contribution in [-0.2, 0) is 0 Å². The van der Waals surface area contributed by atoms with Gasteiger partial charge in [-0.05, 0) is 57.0 Å². The number of nitrogens with one attached hydrogen (secondary N) is 2. The van der Waals surface area contributed by atoms with Crippen molar-refractivity contribution in [3.8, 4) is 0 Å². The van der Waals surface area contributed by atoms with E-state index in [0.717, 1.165) is 25.9 Å². The van der Waals surface area contributed by atoms with E-state index >= 15 is 0 Å². The Morgan fingerprint density at radius 1 is 1.58 bits per heavy atom. The van der Waals surface area contributed by atoms with Crippen molar-refractivity contribution in [1.82, 2.24) is 10.6 Å². The van der Waals surface area contributed by atoms with Gasteiger partial charge in [-0.15, -0.1) is 0 Å². The van der Waals surface area contributed by atoms with Gasteiger partial charge in [-0.2, -0.15) is 0 Å². The van der Waals surface area contributed by atoms with E-state index in [1.165, 1.54) is 12.1 Å². The van der Waals surface area contributed by atoms with E-state index in [4.69, 9.17) is 0 Å². The number of halogens is 2. The van der Waals surface area contributed by atoms with E-state index in [9.17, 15) is 9.18 Å². The monoisotopic (exact) mass is 328 g/mol. The number of benzene rings is 1. The molecule has 0 aliphatic carbocycles. The van der Waals surface area contributed by atoms with Gasteiger partial charge in [-0.25, -0.2) is 4.39 Å². The summed E-state index contributed by atoms with van der Waals surface area (Å²) in [6, 6.07) is 4.43. The molecule has 2 atom stereocenters. The number of piperidine rings is 1. The van der Waals surface area contributed by atoms with E-state index < -0.39 is 5.82 Å². The Labute approximate surface area is 121 Å². The van der Waals surface area contributed by atoms with Gasteiger partial charge in [-0.3, -0.25) is 4.79 Å². The molecule has 3 nitrogen and oxygen atoms in total. The zero-order valence-corrected chi connectivity index (χ0v) is 12.5. The molecule has 5 heteroatoms. The molecular formula is C14H18BrFN2O. The van der Waals surface area contributed by atoms with E-state index in [2.05, 4.69) is 26.6 Å². The first-order chi connectivity index (χ1) is 9.08. The lowest BCUT2D eigenvalue weighted by Crippen LogP contribution is -2.44. The molecule has 0 spiro atoms. The van der Waals surface area contributed by atoms with Crippen molar-refractivity contribution in [3.05, 3.63) is 34.1 Å². The third kappa shape index (κ3) is 3.76. The van der Waals surface area contributed by atoms with Gasteiger partial charge in [0.25, 0.3) is 5.91 Å². The zero-order chi connectivity index (χ0) is 13.8. The van der Waals surface area contributed by atoms with Crippen molar-refractivity contribution in [2.45, 2.75) is 25.8 Å². The molecule has 0 radical (unpaired) electrons. The van der Waals surface area contributed by atoms with Crippen molar-refractivity contribution in [1.29, 1.82) is 0 Å². The third-order valence-electron chi connectivity index (χ3n) is 3.57. The standard InChI is InChI=1S/C14H18BrFN2O/c1-9(10-3-2-6-17-8-10)18-14(19)12-7-11(15)4-5-13(12)16/h4-5,7,9-10,17H,2-3,6,8H2,1H3,(H,18,19).